The van der Waals surface area contributed by atoms with Gasteiger partial charge in [-0.25, -0.2) is 4.99 Å². The minimum absolute atomic E-state index is 0. The molecule has 1 aromatic heterocycles. The van der Waals surface area contributed by atoms with E-state index in [4.69, 9.17) is 4.74 Å². The lowest BCUT2D eigenvalue weighted by Gasteiger charge is -2.12. The molecule has 0 bridgehead atoms. The summed E-state index contributed by atoms with van der Waals surface area (Å²) in [6, 6.07) is 8.02. The van der Waals surface area contributed by atoms with Gasteiger partial charge in [0.1, 0.15) is 5.75 Å². The number of rotatable bonds is 8. The minimum Gasteiger partial charge on any atom is -0.494 e. The van der Waals surface area contributed by atoms with Gasteiger partial charge in [-0.2, -0.15) is 5.10 Å². The molecule has 0 radical (unpaired) electrons. The molecule has 0 fully saturated rings. The molecule has 2 aromatic rings. The van der Waals surface area contributed by atoms with E-state index in [0.717, 1.165) is 36.8 Å². The molecular formula is C18H28IN5O. The molecule has 0 spiro atoms. The maximum atomic E-state index is 5.65. The van der Waals surface area contributed by atoms with Gasteiger partial charge in [0.05, 0.1) is 19.3 Å². The zero-order valence-electron chi connectivity index (χ0n) is 15.2. The van der Waals surface area contributed by atoms with Crippen LogP contribution < -0.4 is 15.4 Å². The second-order valence-corrected chi connectivity index (χ2v) is 5.43. The molecule has 1 aromatic carbocycles. The summed E-state index contributed by atoms with van der Waals surface area (Å²) in [5.74, 6) is 1.71. The molecule has 7 heteroatoms. The molecular weight excluding hydrogens is 429 g/mol. The van der Waals surface area contributed by atoms with Crippen LogP contribution in [0.4, 0.5) is 0 Å². The van der Waals surface area contributed by atoms with E-state index >= 15 is 0 Å². The fraction of sp³-hybridized carbons (Fsp3) is 0.444. The number of aromatic nitrogens is 2. The predicted molar refractivity (Wildman–Crippen MR) is 113 cm³/mol. The van der Waals surface area contributed by atoms with Crippen LogP contribution in [0.5, 0.6) is 5.75 Å². The van der Waals surface area contributed by atoms with Gasteiger partial charge >= 0.3 is 0 Å². The zero-order valence-corrected chi connectivity index (χ0v) is 17.5. The monoisotopic (exact) mass is 457 g/mol. The lowest BCUT2D eigenvalue weighted by atomic mass is 10.2. The number of benzene rings is 1. The molecule has 0 aliphatic heterocycles. The van der Waals surface area contributed by atoms with Gasteiger partial charge in [-0.05, 0) is 31.9 Å². The molecule has 0 aliphatic rings. The van der Waals surface area contributed by atoms with Gasteiger partial charge in [0.25, 0.3) is 0 Å². The van der Waals surface area contributed by atoms with E-state index in [-0.39, 0.29) is 24.0 Å². The van der Waals surface area contributed by atoms with Crippen molar-refractivity contribution in [1.82, 2.24) is 20.4 Å². The number of para-hydroxylation sites is 1. The first-order valence-corrected chi connectivity index (χ1v) is 8.43. The summed E-state index contributed by atoms with van der Waals surface area (Å²) < 4.78 is 7.47. The van der Waals surface area contributed by atoms with Crippen molar-refractivity contribution in [3.63, 3.8) is 0 Å². The summed E-state index contributed by atoms with van der Waals surface area (Å²) >= 11 is 0. The van der Waals surface area contributed by atoms with Crippen molar-refractivity contribution in [1.29, 1.82) is 0 Å². The number of aryl methyl sites for hydroxylation is 1. The Balaban J connectivity index is 0.00000312. The third-order valence-electron chi connectivity index (χ3n) is 3.49. The lowest BCUT2D eigenvalue weighted by Crippen LogP contribution is -2.38. The van der Waals surface area contributed by atoms with E-state index in [0.29, 0.717) is 13.2 Å². The van der Waals surface area contributed by atoms with Crippen LogP contribution in [0.25, 0.3) is 0 Å². The van der Waals surface area contributed by atoms with Crippen LogP contribution in [-0.2, 0) is 20.0 Å². The highest BCUT2D eigenvalue weighted by Gasteiger charge is 2.03. The van der Waals surface area contributed by atoms with Crippen molar-refractivity contribution < 1.29 is 4.74 Å². The molecule has 1 heterocycles. The smallest absolute Gasteiger partial charge is 0.191 e. The Kier molecular flexibility index (Phi) is 9.98. The molecule has 0 aliphatic carbocycles. The van der Waals surface area contributed by atoms with Crippen LogP contribution in [0.2, 0.25) is 0 Å². The van der Waals surface area contributed by atoms with Gasteiger partial charge in [-0.1, -0.05) is 18.2 Å². The highest BCUT2D eigenvalue weighted by atomic mass is 127. The van der Waals surface area contributed by atoms with Crippen LogP contribution in [0.1, 0.15) is 25.0 Å². The molecule has 0 saturated carbocycles. The Morgan fingerprint density at radius 2 is 2.04 bits per heavy atom. The summed E-state index contributed by atoms with van der Waals surface area (Å²) in [5.41, 5.74) is 2.30. The molecule has 2 N–H and O–H groups in total. The minimum atomic E-state index is 0. The molecule has 0 unspecified atom stereocenters. The fourth-order valence-corrected chi connectivity index (χ4v) is 2.36. The second-order valence-electron chi connectivity index (χ2n) is 5.43. The summed E-state index contributed by atoms with van der Waals surface area (Å²) in [6.07, 6.45) is 4.84. The highest BCUT2D eigenvalue weighted by molar-refractivity contribution is 14.0. The normalized spacial score (nSPS) is 10.9. The average molecular weight is 457 g/mol. The number of aliphatic imine (C=N–C) groups is 1. The van der Waals surface area contributed by atoms with Crippen LogP contribution >= 0.6 is 24.0 Å². The quantitative estimate of drug-likeness (QED) is 0.364. The SMILES string of the molecule is CCNC(=NCc1ccccc1OCC)NCCc1cnn(C)c1.I. The van der Waals surface area contributed by atoms with Crippen LogP contribution in [0, 0.1) is 0 Å². The largest absolute Gasteiger partial charge is 0.494 e. The molecule has 0 saturated heterocycles. The van der Waals surface area contributed by atoms with E-state index in [9.17, 15) is 0 Å². The number of hydrogen-bond acceptors (Lipinski definition) is 3. The van der Waals surface area contributed by atoms with Crippen LogP contribution in [-0.4, -0.2) is 35.4 Å². The van der Waals surface area contributed by atoms with Crippen LogP contribution in [0.3, 0.4) is 0 Å². The van der Waals surface area contributed by atoms with Crippen molar-refractivity contribution in [3.8, 4) is 5.75 Å². The molecule has 25 heavy (non-hydrogen) atoms. The van der Waals surface area contributed by atoms with Gasteiger partial charge in [0.2, 0.25) is 0 Å². The third kappa shape index (κ3) is 7.33. The first-order chi connectivity index (χ1) is 11.7. The Morgan fingerprint density at radius 1 is 1.24 bits per heavy atom. The summed E-state index contributed by atoms with van der Waals surface area (Å²) in [7, 11) is 1.93. The molecule has 0 amide bonds. The maximum Gasteiger partial charge on any atom is 0.191 e. The van der Waals surface area contributed by atoms with Crippen molar-refractivity contribution in [2.45, 2.75) is 26.8 Å². The summed E-state index contributed by atoms with van der Waals surface area (Å²) in [5, 5.41) is 10.8. The molecule has 2 rings (SSSR count). The fourth-order valence-electron chi connectivity index (χ4n) is 2.36. The Labute approximate surface area is 167 Å². The van der Waals surface area contributed by atoms with Crippen molar-refractivity contribution in [3.05, 3.63) is 47.8 Å². The van der Waals surface area contributed by atoms with Gasteiger partial charge in [-0.3, -0.25) is 4.68 Å². The van der Waals surface area contributed by atoms with Gasteiger partial charge < -0.3 is 15.4 Å². The number of nitrogens with one attached hydrogen (secondary N) is 2. The number of ether oxygens (including phenoxy) is 1. The van der Waals surface area contributed by atoms with Crippen molar-refractivity contribution in [2.75, 3.05) is 19.7 Å². The second kappa shape index (κ2) is 11.7. The molecule has 6 nitrogen and oxygen atoms in total. The number of guanidine groups is 1. The lowest BCUT2D eigenvalue weighted by molar-refractivity contribution is 0.336. The van der Waals surface area contributed by atoms with E-state index in [1.165, 1.54) is 5.56 Å². The van der Waals surface area contributed by atoms with E-state index in [2.05, 4.69) is 27.6 Å². The number of hydrogen-bond donors (Lipinski definition) is 2. The predicted octanol–water partition coefficient (Wildman–Crippen LogP) is 2.73. The zero-order chi connectivity index (χ0) is 17.2. The molecule has 138 valence electrons. The summed E-state index contributed by atoms with van der Waals surface area (Å²) in [6.45, 7) is 6.93. The standard InChI is InChI=1S/C18H27N5O.HI/c1-4-19-18(20-11-10-15-12-22-23(3)14-15)21-13-16-8-6-7-9-17(16)24-5-2;/h6-9,12,14H,4-5,10-11,13H2,1-3H3,(H2,19,20,21);1H. The van der Waals surface area contributed by atoms with Gasteiger partial charge in [0.15, 0.2) is 5.96 Å². The van der Waals surface area contributed by atoms with Gasteiger partial charge in [0, 0.05) is 31.9 Å². The first kappa shape index (κ1) is 21.3. The average Bonchev–Trinajstić information content (AvgIpc) is 2.99. The number of nitrogens with zero attached hydrogens (tertiary/aromatic N) is 3. The first-order valence-electron chi connectivity index (χ1n) is 8.43. The molecule has 0 atom stereocenters. The van der Waals surface area contributed by atoms with Crippen molar-refractivity contribution >= 4 is 29.9 Å². The number of halogens is 1. The summed E-state index contributed by atoms with van der Waals surface area (Å²) in [4.78, 5) is 4.66. The Morgan fingerprint density at radius 3 is 2.72 bits per heavy atom. The van der Waals surface area contributed by atoms with E-state index in [1.807, 2.05) is 55.3 Å². The van der Waals surface area contributed by atoms with Crippen LogP contribution in [0.15, 0.2) is 41.7 Å². The third-order valence-corrected chi connectivity index (χ3v) is 3.49. The van der Waals surface area contributed by atoms with Crippen molar-refractivity contribution in [2.24, 2.45) is 12.0 Å². The Hall–Kier alpha value is -1.77. The maximum absolute atomic E-state index is 5.65. The van der Waals surface area contributed by atoms with E-state index in [1.54, 1.807) is 0 Å². The van der Waals surface area contributed by atoms with E-state index < -0.39 is 0 Å². The van der Waals surface area contributed by atoms with Gasteiger partial charge in [-0.15, -0.1) is 24.0 Å². The highest BCUT2D eigenvalue weighted by Crippen LogP contribution is 2.18. The topological polar surface area (TPSA) is 63.5 Å². The Bertz CT molecular complexity index is 656.